The van der Waals surface area contributed by atoms with Gasteiger partial charge < -0.3 is 14.7 Å². The molecule has 0 saturated carbocycles. The van der Waals surface area contributed by atoms with Gasteiger partial charge in [-0.3, -0.25) is 4.79 Å². The molecule has 1 heterocycles. The molecule has 0 aliphatic carbocycles. The topological polar surface area (TPSA) is 43.9 Å². The summed E-state index contributed by atoms with van der Waals surface area (Å²) in [5.74, 6) is -0.0368. The number of halogens is 2. The van der Waals surface area contributed by atoms with Crippen molar-refractivity contribution in [2.24, 2.45) is 0 Å². The molecule has 0 atom stereocenters. The van der Waals surface area contributed by atoms with Crippen LogP contribution in [0.3, 0.4) is 0 Å². The number of amides is 3. The molecule has 1 aliphatic rings. The second kappa shape index (κ2) is 6.83. The van der Waals surface area contributed by atoms with Crippen molar-refractivity contribution >= 4 is 46.1 Å². The standard InChI is InChI=1S/C14H17ClIN3O2/c1-17(2)14(21)19-7-5-18(6-8-19)13(20)10-3-4-12(16)11(15)9-10/h3-4,9H,5-8H2,1-2H3. The van der Waals surface area contributed by atoms with E-state index < -0.39 is 0 Å². The molecule has 3 amide bonds. The van der Waals surface area contributed by atoms with Gasteiger partial charge in [-0.05, 0) is 40.8 Å². The molecule has 114 valence electrons. The Morgan fingerprint density at radius 2 is 1.71 bits per heavy atom. The minimum Gasteiger partial charge on any atom is -0.335 e. The summed E-state index contributed by atoms with van der Waals surface area (Å²) in [5, 5.41) is 0.586. The van der Waals surface area contributed by atoms with Crippen molar-refractivity contribution in [1.29, 1.82) is 0 Å². The van der Waals surface area contributed by atoms with Crippen LogP contribution < -0.4 is 0 Å². The number of hydrogen-bond acceptors (Lipinski definition) is 2. The lowest BCUT2D eigenvalue weighted by Gasteiger charge is -2.36. The molecule has 1 aromatic rings. The van der Waals surface area contributed by atoms with Gasteiger partial charge in [0.25, 0.3) is 5.91 Å². The van der Waals surface area contributed by atoms with Crippen LogP contribution in [0.2, 0.25) is 5.02 Å². The molecule has 5 nitrogen and oxygen atoms in total. The Bertz CT molecular complexity index is 557. The van der Waals surface area contributed by atoms with Gasteiger partial charge in [0.15, 0.2) is 0 Å². The summed E-state index contributed by atoms with van der Waals surface area (Å²) in [7, 11) is 3.46. The summed E-state index contributed by atoms with van der Waals surface area (Å²) in [6, 6.07) is 5.30. The van der Waals surface area contributed by atoms with Crippen molar-refractivity contribution < 1.29 is 9.59 Å². The van der Waals surface area contributed by atoms with Gasteiger partial charge in [-0.15, -0.1) is 0 Å². The van der Waals surface area contributed by atoms with Crippen LogP contribution in [-0.4, -0.2) is 66.9 Å². The summed E-state index contributed by atoms with van der Waals surface area (Å²) in [5.41, 5.74) is 0.591. The minimum absolute atomic E-state index is 0.0144. The molecule has 2 rings (SSSR count). The molecule has 0 radical (unpaired) electrons. The van der Waals surface area contributed by atoms with Gasteiger partial charge in [-0.2, -0.15) is 0 Å². The lowest BCUT2D eigenvalue weighted by molar-refractivity contribution is 0.0650. The third-order valence-electron chi connectivity index (χ3n) is 3.39. The van der Waals surface area contributed by atoms with E-state index >= 15 is 0 Å². The van der Waals surface area contributed by atoms with Crippen molar-refractivity contribution in [3.05, 3.63) is 32.4 Å². The zero-order chi connectivity index (χ0) is 15.6. The van der Waals surface area contributed by atoms with Gasteiger partial charge in [0.05, 0.1) is 5.02 Å². The highest BCUT2D eigenvalue weighted by molar-refractivity contribution is 14.1. The first-order valence-electron chi connectivity index (χ1n) is 6.60. The number of nitrogens with zero attached hydrogens (tertiary/aromatic N) is 3. The Balaban J connectivity index is 2.00. The van der Waals surface area contributed by atoms with E-state index in [9.17, 15) is 9.59 Å². The van der Waals surface area contributed by atoms with E-state index in [4.69, 9.17) is 11.6 Å². The minimum atomic E-state index is -0.0368. The van der Waals surface area contributed by atoms with Gasteiger partial charge >= 0.3 is 6.03 Å². The normalized spacial score (nSPS) is 15.0. The molecular formula is C14H17ClIN3O2. The highest BCUT2D eigenvalue weighted by atomic mass is 127. The number of benzene rings is 1. The van der Waals surface area contributed by atoms with Crippen molar-refractivity contribution in [1.82, 2.24) is 14.7 Å². The second-order valence-corrected chi connectivity index (χ2v) is 6.65. The Morgan fingerprint density at radius 1 is 1.14 bits per heavy atom. The first kappa shape index (κ1) is 16.4. The molecule has 0 spiro atoms. The molecule has 1 fully saturated rings. The van der Waals surface area contributed by atoms with E-state index in [0.717, 1.165) is 3.57 Å². The summed E-state index contributed by atoms with van der Waals surface area (Å²) in [6.07, 6.45) is 0. The van der Waals surface area contributed by atoms with Crippen molar-refractivity contribution in [2.75, 3.05) is 40.3 Å². The Labute approximate surface area is 143 Å². The molecule has 21 heavy (non-hydrogen) atoms. The van der Waals surface area contributed by atoms with Gasteiger partial charge in [0.1, 0.15) is 0 Å². The van der Waals surface area contributed by atoms with Crippen molar-refractivity contribution in [3.63, 3.8) is 0 Å². The molecule has 1 aromatic carbocycles. The van der Waals surface area contributed by atoms with Crippen LogP contribution in [0, 0.1) is 3.57 Å². The number of hydrogen-bond donors (Lipinski definition) is 0. The van der Waals surface area contributed by atoms with E-state index in [1.54, 1.807) is 40.9 Å². The number of carbonyl (C=O) groups excluding carboxylic acids is 2. The Morgan fingerprint density at radius 3 is 2.24 bits per heavy atom. The van der Waals surface area contributed by atoms with E-state index in [2.05, 4.69) is 22.6 Å². The predicted octanol–water partition coefficient (Wildman–Crippen LogP) is 2.38. The average Bonchev–Trinajstić information content (AvgIpc) is 2.48. The van der Waals surface area contributed by atoms with E-state index in [-0.39, 0.29) is 11.9 Å². The summed E-state index contributed by atoms with van der Waals surface area (Å²) in [4.78, 5) is 29.3. The molecule has 1 aliphatic heterocycles. The van der Waals surface area contributed by atoms with Crippen LogP contribution in [-0.2, 0) is 0 Å². The molecule has 7 heteroatoms. The molecular weight excluding hydrogens is 405 g/mol. The summed E-state index contributed by atoms with van der Waals surface area (Å²) >= 11 is 8.19. The fourth-order valence-electron chi connectivity index (χ4n) is 2.20. The monoisotopic (exact) mass is 421 g/mol. The highest BCUT2D eigenvalue weighted by Crippen LogP contribution is 2.21. The lowest BCUT2D eigenvalue weighted by atomic mass is 10.2. The first-order valence-corrected chi connectivity index (χ1v) is 8.06. The number of urea groups is 1. The fourth-order valence-corrected chi connectivity index (χ4v) is 2.71. The van der Waals surface area contributed by atoms with Crippen molar-refractivity contribution in [3.8, 4) is 0 Å². The maximum Gasteiger partial charge on any atom is 0.319 e. The number of rotatable bonds is 1. The zero-order valence-corrected chi connectivity index (χ0v) is 14.9. The van der Waals surface area contributed by atoms with Gasteiger partial charge in [0, 0.05) is 49.4 Å². The third-order valence-corrected chi connectivity index (χ3v) is 4.96. The summed E-state index contributed by atoms with van der Waals surface area (Å²) in [6.45, 7) is 2.20. The van der Waals surface area contributed by atoms with E-state index in [0.29, 0.717) is 36.8 Å². The smallest absolute Gasteiger partial charge is 0.319 e. The largest absolute Gasteiger partial charge is 0.335 e. The maximum absolute atomic E-state index is 12.4. The summed E-state index contributed by atoms with van der Waals surface area (Å²) < 4.78 is 0.923. The van der Waals surface area contributed by atoms with Gasteiger partial charge in [-0.1, -0.05) is 11.6 Å². The third kappa shape index (κ3) is 3.79. The van der Waals surface area contributed by atoms with E-state index in [1.165, 1.54) is 0 Å². The fraction of sp³-hybridized carbons (Fsp3) is 0.429. The molecule has 0 N–H and O–H groups in total. The molecule has 0 bridgehead atoms. The van der Waals surface area contributed by atoms with Crippen LogP contribution in [0.5, 0.6) is 0 Å². The SMILES string of the molecule is CN(C)C(=O)N1CCN(C(=O)c2ccc(I)c(Cl)c2)CC1. The first-order chi connectivity index (χ1) is 9.90. The maximum atomic E-state index is 12.4. The van der Waals surface area contributed by atoms with Crippen LogP contribution in [0.4, 0.5) is 4.79 Å². The Hall–Kier alpha value is -1.02. The second-order valence-electron chi connectivity index (χ2n) is 5.09. The van der Waals surface area contributed by atoms with Crippen LogP contribution in [0.1, 0.15) is 10.4 Å². The van der Waals surface area contributed by atoms with Crippen LogP contribution in [0.15, 0.2) is 18.2 Å². The lowest BCUT2D eigenvalue weighted by Crippen LogP contribution is -2.52. The molecule has 1 saturated heterocycles. The number of piperazine rings is 1. The molecule has 0 unspecified atom stereocenters. The highest BCUT2D eigenvalue weighted by Gasteiger charge is 2.25. The van der Waals surface area contributed by atoms with Gasteiger partial charge in [-0.25, -0.2) is 4.79 Å². The molecule has 0 aromatic heterocycles. The Kier molecular flexibility index (Phi) is 5.32. The van der Waals surface area contributed by atoms with Crippen molar-refractivity contribution in [2.45, 2.75) is 0 Å². The van der Waals surface area contributed by atoms with E-state index in [1.807, 2.05) is 6.07 Å². The average molecular weight is 422 g/mol. The quantitative estimate of drug-likeness (QED) is 0.654. The van der Waals surface area contributed by atoms with Gasteiger partial charge in [0.2, 0.25) is 0 Å². The predicted molar refractivity (Wildman–Crippen MR) is 90.7 cm³/mol. The van der Waals surface area contributed by atoms with Crippen LogP contribution >= 0.6 is 34.2 Å². The number of carbonyl (C=O) groups is 2. The van der Waals surface area contributed by atoms with Crippen LogP contribution in [0.25, 0.3) is 0 Å². The zero-order valence-electron chi connectivity index (χ0n) is 12.0.